The summed E-state index contributed by atoms with van der Waals surface area (Å²) in [5, 5.41) is 2.95. The fraction of sp³-hybridized carbons (Fsp3) is 0.304. The minimum Gasteiger partial charge on any atom is -0.352 e. The third-order valence-corrected chi connectivity index (χ3v) is 4.88. The highest BCUT2D eigenvalue weighted by Crippen LogP contribution is 2.39. The summed E-state index contributed by atoms with van der Waals surface area (Å²) in [5.74, 6) is 1.50. The molecular formula is C23H24N4O. The van der Waals surface area contributed by atoms with Gasteiger partial charge in [-0.25, -0.2) is 9.97 Å². The van der Waals surface area contributed by atoms with E-state index < -0.39 is 0 Å². The van der Waals surface area contributed by atoms with Gasteiger partial charge < -0.3 is 5.32 Å². The highest BCUT2D eigenvalue weighted by Gasteiger charge is 2.27. The largest absolute Gasteiger partial charge is 0.352 e. The van der Waals surface area contributed by atoms with Crippen molar-refractivity contribution in [1.82, 2.24) is 20.3 Å². The Morgan fingerprint density at radius 1 is 1.11 bits per heavy atom. The first kappa shape index (κ1) is 18.3. The SMILES string of the molecule is CCCC(=O)NCc1ccc(-c2nc(C3CC3)ncc2-c2ccccn2)cc1. The molecule has 1 aromatic carbocycles. The average Bonchev–Trinajstić information content (AvgIpc) is 3.59. The molecule has 28 heavy (non-hydrogen) atoms. The lowest BCUT2D eigenvalue weighted by atomic mass is 10.0. The van der Waals surface area contributed by atoms with Crippen LogP contribution in [-0.4, -0.2) is 20.9 Å². The molecule has 0 unspecified atom stereocenters. The Morgan fingerprint density at radius 3 is 2.61 bits per heavy atom. The maximum atomic E-state index is 11.7. The number of carbonyl (C=O) groups excluding carboxylic acids is 1. The van der Waals surface area contributed by atoms with E-state index >= 15 is 0 Å². The van der Waals surface area contributed by atoms with Gasteiger partial charge in [0.2, 0.25) is 5.91 Å². The van der Waals surface area contributed by atoms with E-state index in [-0.39, 0.29) is 5.91 Å². The van der Waals surface area contributed by atoms with Crippen LogP contribution in [0.2, 0.25) is 0 Å². The summed E-state index contributed by atoms with van der Waals surface area (Å²) in [6.07, 6.45) is 7.44. The van der Waals surface area contributed by atoms with E-state index in [1.165, 1.54) is 12.8 Å². The van der Waals surface area contributed by atoms with Crippen LogP contribution in [0, 0.1) is 0 Å². The summed E-state index contributed by atoms with van der Waals surface area (Å²) in [4.78, 5) is 25.6. The lowest BCUT2D eigenvalue weighted by Crippen LogP contribution is -2.21. The van der Waals surface area contributed by atoms with Gasteiger partial charge in [-0.15, -0.1) is 0 Å². The van der Waals surface area contributed by atoms with Crippen LogP contribution in [0.25, 0.3) is 22.5 Å². The second-order valence-corrected chi connectivity index (χ2v) is 7.20. The molecule has 0 radical (unpaired) electrons. The molecule has 1 aliphatic rings. The fourth-order valence-corrected chi connectivity index (χ4v) is 3.16. The summed E-state index contributed by atoms with van der Waals surface area (Å²) in [6, 6.07) is 14.1. The molecule has 142 valence electrons. The molecule has 0 spiro atoms. The number of pyridine rings is 1. The first-order chi connectivity index (χ1) is 13.7. The highest BCUT2D eigenvalue weighted by atomic mass is 16.1. The Morgan fingerprint density at radius 2 is 1.93 bits per heavy atom. The molecule has 2 heterocycles. The van der Waals surface area contributed by atoms with Gasteiger partial charge >= 0.3 is 0 Å². The van der Waals surface area contributed by atoms with Crippen LogP contribution in [-0.2, 0) is 11.3 Å². The molecular weight excluding hydrogens is 348 g/mol. The third-order valence-electron chi connectivity index (χ3n) is 4.88. The zero-order valence-electron chi connectivity index (χ0n) is 16.1. The van der Waals surface area contributed by atoms with Gasteiger partial charge in [0.25, 0.3) is 0 Å². The van der Waals surface area contributed by atoms with Gasteiger partial charge in [0.1, 0.15) is 5.82 Å². The van der Waals surface area contributed by atoms with Crippen LogP contribution in [0.15, 0.2) is 54.9 Å². The molecule has 4 rings (SSSR count). The Bertz CT molecular complexity index is 950. The number of hydrogen-bond donors (Lipinski definition) is 1. The smallest absolute Gasteiger partial charge is 0.220 e. The molecule has 1 fully saturated rings. The zero-order chi connectivity index (χ0) is 19.3. The maximum Gasteiger partial charge on any atom is 0.220 e. The number of aromatic nitrogens is 3. The van der Waals surface area contributed by atoms with Gasteiger partial charge in [0.05, 0.1) is 11.4 Å². The van der Waals surface area contributed by atoms with Crippen molar-refractivity contribution in [3.8, 4) is 22.5 Å². The van der Waals surface area contributed by atoms with Crippen LogP contribution in [0.3, 0.4) is 0 Å². The lowest BCUT2D eigenvalue weighted by Gasteiger charge is -2.11. The summed E-state index contributed by atoms with van der Waals surface area (Å²) in [5.41, 5.74) is 4.83. The van der Waals surface area contributed by atoms with Crippen LogP contribution in [0.4, 0.5) is 0 Å². The van der Waals surface area contributed by atoms with Crippen molar-refractivity contribution in [3.63, 3.8) is 0 Å². The molecule has 0 saturated heterocycles. The van der Waals surface area contributed by atoms with Crippen molar-refractivity contribution < 1.29 is 4.79 Å². The van der Waals surface area contributed by atoms with Gasteiger partial charge in [0.15, 0.2) is 0 Å². The van der Waals surface area contributed by atoms with Crippen molar-refractivity contribution in [2.75, 3.05) is 0 Å². The number of rotatable bonds is 7. The Balaban J connectivity index is 1.62. The molecule has 5 nitrogen and oxygen atoms in total. The van der Waals surface area contributed by atoms with Crippen LogP contribution in [0.1, 0.15) is 49.9 Å². The first-order valence-corrected chi connectivity index (χ1v) is 9.89. The number of hydrogen-bond acceptors (Lipinski definition) is 4. The highest BCUT2D eigenvalue weighted by molar-refractivity contribution is 5.78. The Hall–Kier alpha value is -3.08. The van der Waals surface area contributed by atoms with E-state index in [1.54, 1.807) is 6.20 Å². The molecule has 1 aliphatic carbocycles. The minimum atomic E-state index is 0.0916. The van der Waals surface area contributed by atoms with Crippen LogP contribution >= 0.6 is 0 Å². The van der Waals surface area contributed by atoms with Crippen molar-refractivity contribution >= 4 is 5.91 Å². The monoisotopic (exact) mass is 372 g/mol. The molecule has 1 N–H and O–H groups in total. The normalized spacial score (nSPS) is 13.3. The summed E-state index contributed by atoms with van der Waals surface area (Å²) in [6.45, 7) is 2.55. The van der Waals surface area contributed by atoms with Gasteiger partial charge in [-0.3, -0.25) is 9.78 Å². The van der Waals surface area contributed by atoms with Gasteiger partial charge in [-0.05, 0) is 37.0 Å². The van der Waals surface area contributed by atoms with Crippen molar-refractivity contribution in [3.05, 3.63) is 66.2 Å². The van der Waals surface area contributed by atoms with Crippen molar-refractivity contribution in [2.24, 2.45) is 0 Å². The molecule has 5 heteroatoms. The Labute approximate surface area is 165 Å². The first-order valence-electron chi connectivity index (χ1n) is 9.89. The van der Waals surface area contributed by atoms with Gasteiger partial charge in [-0.1, -0.05) is 37.3 Å². The maximum absolute atomic E-state index is 11.7. The lowest BCUT2D eigenvalue weighted by molar-refractivity contribution is -0.121. The van der Waals surface area contributed by atoms with E-state index in [0.29, 0.717) is 18.9 Å². The summed E-state index contributed by atoms with van der Waals surface area (Å²) < 4.78 is 0. The number of amides is 1. The molecule has 2 aromatic heterocycles. The number of nitrogens with one attached hydrogen (secondary N) is 1. The molecule has 0 aliphatic heterocycles. The van der Waals surface area contributed by atoms with E-state index in [9.17, 15) is 4.79 Å². The molecule has 3 aromatic rings. The standard InChI is InChI=1S/C23H24N4O/c1-2-5-21(28)25-14-16-7-9-17(10-8-16)22-19(20-6-3-4-13-24-20)15-26-23(27-22)18-11-12-18/h3-4,6-10,13,15,18H,2,5,11-12,14H2,1H3,(H,25,28). The molecule has 0 bridgehead atoms. The predicted octanol–water partition coefficient (Wildman–Crippen LogP) is 4.50. The van der Waals surface area contributed by atoms with Crippen LogP contribution in [0.5, 0.6) is 0 Å². The van der Waals surface area contributed by atoms with E-state index in [0.717, 1.165) is 40.3 Å². The van der Waals surface area contributed by atoms with E-state index in [1.807, 2.05) is 43.5 Å². The number of benzene rings is 1. The molecule has 1 saturated carbocycles. The number of nitrogens with zero attached hydrogens (tertiary/aromatic N) is 3. The molecule has 1 amide bonds. The average molecular weight is 372 g/mol. The Kier molecular flexibility index (Phi) is 5.42. The third kappa shape index (κ3) is 4.25. The summed E-state index contributed by atoms with van der Waals surface area (Å²) in [7, 11) is 0. The second-order valence-electron chi connectivity index (χ2n) is 7.20. The number of carbonyl (C=O) groups is 1. The minimum absolute atomic E-state index is 0.0916. The van der Waals surface area contributed by atoms with Gasteiger partial charge in [-0.2, -0.15) is 0 Å². The van der Waals surface area contributed by atoms with Crippen molar-refractivity contribution in [2.45, 2.75) is 45.1 Å². The topological polar surface area (TPSA) is 67.8 Å². The summed E-state index contributed by atoms with van der Waals surface area (Å²) >= 11 is 0. The van der Waals surface area contributed by atoms with Crippen LogP contribution < -0.4 is 5.32 Å². The fourth-order valence-electron chi connectivity index (χ4n) is 3.16. The van der Waals surface area contributed by atoms with E-state index in [2.05, 4.69) is 27.4 Å². The zero-order valence-corrected chi connectivity index (χ0v) is 16.1. The molecule has 0 atom stereocenters. The van der Waals surface area contributed by atoms with Gasteiger partial charge in [0, 0.05) is 42.4 Å². The van der Waals surface area contributed by atoms with Crippen molar-refractivity contribution in [1.29, 1.82) is 0 Å². The quantitative estimate of drug-likeness (QED) is 0.663. The second kappa shape index (κ2) is 8.30. The van der Waals surface area contributed by atoms with E-state index in [4.69, 9.17) is 4.98 Å². The predicted molar refractivity (Wildman–Crippen MR) is 109 cm³/mol.